The molecule has 0 saturated heterocycles. The first kappa shape index (κ1) is 13.3. The van der Waals surface area contributed by atoms with E-state index in [0.29, 0.717) is 11.4 Å². The Kier molecular flexibility index (Phi) is 3.69. The maximum absolute atomic E-state index is 11.7. The number of hydrogen-bond acceptors (Lipinski definition) is 4. The van der Waals surface area contributed by atoms with Gasteiger partial charge in [-0.05, 0) is 25.0 Å². The molecule has 0 atom stereocenters. The normalized spacial score (nSPS) is 14.0. The van der Waals surface area contributed by atoms with E-state index in [1.807, 2.05) is 0 Å². The highest BCUT2D eigenvalue weighted by Gasteiger charge is 2.31. The van der Waals surface area contributed by atoms with Crippen LogP contribution in [-0.4, -0.2) is 53.5 Å². The van der Waals surface area contributed by atoms with E-state index in [1.54, 1.807) is 31.1 Å². The molecule has 1 heterocycles. The topological polar surface area (TPSA) is 73.7 Å². The fourth-order valence-corrected chi connectivity index (χ4v) is 1.87. The molecule has 19 heavy (non-hydrogen) atoms. The van der Waals surface area contributed by atoms with Gasteiger partial charge < -0.3 is 14.9 Å². The van der Waals surface area contributed by atoms with Gasteiger partial charge >= 0.3 is 5.97 Å². The molecule has 6 nitrogen and oxygen atoms in total. The lowest BCUT2D eigenvalue weighted by Crippen LogP contribution is -2.32. The molecular formula is C13H17N3O3. The third kappa shape index (κ3) is 3.21. The number of aliphatic carboxylic acids is 1. The molecule has 1 aromatic heterocycles. The van der Waals surface area contributed by atoms with Crippen molar-refractivity contribution in [1.82, 2.24) is 9.88 Å². The van der Waals surface area contributed by atoms with Crippen molar-refractivity contribution >= 4 is 17.7 Å². The highest BCUT2D eigenvalue weighted by molar-refractivity contribution is 5.93. The Hall–Kier alpha value is -2.11. The monoisotopic (exact) mass is 263 g/mol. The molecule has 1 aliphatic carbocycles. The predicted octanol–water partition coefficient (Wildman–Crippen LogP) is 0.837. The molecule has 6 heteroatoms. The first-order valence-corrected chi connectivity index (χ1v) is 6.15. The molecule has 0 radical (unpaired) electrons. The van der Waals surface area contributed by atoms with Gasteiger partial charge in [0.25, 0.3) is 5.91 Å². The van der Waals surface area contributed by atoms with Crippen LogP contribution in [0.5, 0.6) is 0 Å². The van der Waals surface area contributed by atoms with Gasteiger partial charge in [-0.25, -0.2) is 4.98 Å². The Morgan fingerprint density at radius 3 is 2.47 bits per heavy atom. The standard InChI is InChI=1S/C13H17N3O3/c1-15(2)13(19)9-3-6-11(14-7-9)16(8-12(17)18)10-4-5-10/h3,6-7,10H,4-5,8H2,1-2H3,(H,17,18). The van der Waals surface area contributed by atoms with Crippen LogP contribution in [0.15, 0.2) is 18.3 Å². The summed E-state index contributed by atoms with van der Waals surface area (Å²) in [5.41, 5.74) is 0.500. The van der Waals surface area contributed by atoms with Crippen molar-refractivity contribution in [3.8, 4) is 0 Å². The van der Waals surface area contributed by atoms with Crippen LogP contribution in [0.25, 0.3) is 0 Å². The summed E-state index contributed by atoms with van der Waals surface area (Å²) in [5, 5.41) is 8.91. The van der Waals surface area contributed by atoms with Crippen molar-refractivity contribution in [3.63, 3.8) is 0 Å². The highest BCUT2D eigenvalue weighted by Crippen LogP contribution is 2.30. The summed E-state index contributed by atoms with van der Waals surface area (Å²) < 4.78 is 0. The van der Waals surface area contributed by atoms with Crippen molar-refractivity contribution in [2.24, 2.45) is 0 Å². The number of carboxylic acids is 1. The number of rotatable bonds is 5. The molecule has 1 saturated carbocycles. The first-order valence-electron chi connectivity index (χ1n) is 6.15. The summed E-state index contributed by atoms with van der Waals surface area (Å²) in [4.78, 5) is 30.0. The minimum Gasteiger partial charge on any atom is -0.480 e. The van der Waals surface area contributed by atoms with E-state index in [0.717, 1.165) is 12.8 Å². The fraction of sp³-hybridized carbons (Fsp3) is 0.462. The van der Waals surface area contributed by atoms with Gasteiger partial charge in [-0.2, -0.15) is 0 Å². The smallest absolute Gasteiger partial charge is 0.323 e. The zero-order valence-electron chi connectivity index (χ0n) is 11.0. The predicted molar refractivity (Wildman–Crippen MR) is 70.3 cm³/mol. The Balaban J connectivity index is 2.16. The molecule has 0 spiro atoms. The van der Waals surface area contributed by atoms with Gasteiger partial charge in [-0.3, -0.25) is 9.59 Å². The van der Waals surface area contributed by atoms with E-state index in [-0.39, 0.29) is 18.5 Å². The van der Waals surface area contributed by atoms with Crippen LogP contribution in [0.2, 0.25) is 0 Å². The summed E-state index contributed by atoms with van der Waals surface area (Å²) in [6.07, 6.45) is 3.48. The lowest BCUT2D eigenvalue weighted by atomic mass is 10.2. The van der Waals surface area contributed by atoms with Crippen LogP contribution in [-0.2, 0) is 4.79 Å². The number of carbonyl (C=O) groups excluding carboxylic acids is 1. The van der Waals surface area contributed by atoms with E-state index < -0.39 is 5.97 Å². The van der Waals surface area contributed by atoms with Crippen molar-refractivity contribution in [2.45, 2.75) is 18.9 Å². The number of carboxylic acid groups (broad SMARTS) is 1. The number of amides is 1. The molecule has 1 N–H and O–H groups in total. The molecule has 0 bridgehead atoms. The number of anilines is 1. The number of pyridine rings is 1. The second-order valence-electron chi connectivity index (χ2n) is 4.86. The zero-order valence-corrected chi connectivity index (χ0v) is 11.0. The molecule has 0 aliphatic heterocycles. The Morgan fingerprint density at radius 1 is 1.37 bits per heavy atom. The second kappa shape index (κ2) is 5.26. The Bertz CT molecular complexity index is 480. The van der Waals surface area contributed by atoms with E-state index in [1.165, 1.54) is 11.1 Å². The highest BCUT2D eigenvalue weighted by atomic mass is 16.4. The van der Waals surface area contributed by atoms with Crippen molar-refractivity contribution in [3.05, 3.63) is 23.9 Å². The molecule has 1 aromatic rings. The molecule has 1 aliphatic rings. The molecule has 1 fully saturated rings. The maximum Gasteiger partial charge on any atom is 0.323 e. The number of nitrogens with zero attached hydrogens (tertiary/aromatic N) is 3. The quantitative estimate of drug-likeness (QED) is 0.852. The maximum atomic E-state index is 11.7. The van der Waals surface area contributed by atoms with Gasteiger partial charge in [0.15, 0.2) is 0 Å². The fourth-order valence-electron chi connectivity index (χ4n) is 1.87. The zero-order chi connectivity index (χ0) is 14.0. The largest absolute Gasteiger partial charge is 0.480 e. The Labute approximate surface area is 111 Å². The molecule has 102 valence electrons. The van der Waals surface area contributed by atoms with Gasteiger partial charge in [0, 0.05) is 26.3 Å². The molecule has 1 amide bonds. The van der Waals surface area contributed by atoms with Crippen LogP contribution < -0.4 is 4.90 Å². The van der Waals surface area contributed by atoms with Gasteiger partial charge in [-0.15, -0.1) is 0 Å². The molecule has 2 rings (SSSR count). The van der Waals surface area contributed by atoms with Crippen molar-refractivity contribution in [1.29, 1.82) is 0 Å². The second-order valence-corrected chi connectivity index (χ2v) is 4.86. The van der Waals surface area contributed by atoms with Crippen LogP contribution in [0.3, 0.4) is 0 Å². The van der Waals surface area contributed by atoms with Crippen LogP contribution in [0.1, 0.15) is 23.2 Å². The summed E-state index contributed by atoms with van der Waals surface area (Å²) in [5.74, 6) is -0.377. The van der Waals surface area contributed by atoms with Crippen LogP contribution in [0, 0.1) is 0 Å². The average Bonchev–Trinajstić information content (AvgIpc) is 3.19. The summed E-state index contributed by atoms with van der Waals surface area (Å²) in [6.45, 7) is -0.0569. The lowest BCUT2D eigenvalue weighted by molar-refractivity contribution is -0.135. The van der Waals surface area contributed by atoms with Crippen molar-refractivity contribution < 1.29 is 14.7 Å². The minimum atomic E-state index is -0.873. The lowest BCUT2D eigenvalue weighted by Gasteiger charge is -2.21. The number of carbonyl (C=O) groups is 2. The molecule has 0 aromatic carbocycles. The third-order valence-corrected chi connectivity index (χ3v) is 2.99. The number of hydrogen-bond donors (Lipinski definition) is 1. The van der Waals surface area contributed by atoms with Crippen LogP contribution >= 0.6 is 0 Å². The SMILES string of the molecule is CN(C)C(=O)c1ccc(N(CC(=O)O)C2CC2)nc1. The molecular weight excluding hydrogens is 246 g/mol. The first-order chi connectivity index (χ1) is 8.99. The van der Waals surface area contributed by atoms with Gasteiger partial charge in [0.2, 0.25) is 0 Å². The molecule has 0 unspecified atom stereocenters. The van der Waals surface area contributed by atoms with Gasteiger partial charge in [-0.1, -0.05) is 0 Å². The van der Waals surface area contributed by atoms with E-state index in [4.69, 9.17) is 5.11 Å². The minimum absolute atomic E-state index is 0.0569. The Morgan fingerprint density at radius 2 is 2.05 bits per heavy atom. The van der Waals surface area contributed by atoms with E-state index >= 15 is 0 Å². The van der Waals surface area contributed by atoms with Gasteiger partial charge in [0.1, 0.15) is 12.4 Å². The summed E-state index contributed by atoms with van der Waals surface area (Å²) in [6, 6.07) is 3.65. The average molecular weight is 263 g/mol. The van der Waals surface area contributed by atoms with Crippen molar-refractivity contribution in [2.75, 3.05) is 25.5 Å². The van der Waals surface area contributed by atoms with E-state index in [9.17, 15) is 9.59 Å². The van der Waals surface area contributed by atoms with E-state index in [2.05, 4.69) is 4.98 Å². The van der Waals surface area contributed by atoms with Gasteiger partial charge in [0.05, 0.1) is 5.56 Å². The third-order valence-electron chi connectivity index (χ3n) is 2.99. The number of aromatic nitrogens is 1. The van der Waals surface area contributed by atoms with Crippen LogP contribution in [0.4, 0.5) is 5.82 Å². The summed E-state index contributed by atoms with van der Waals surface area (Å²) >= 11 is 0. The summed E-state index contributed by atoms with van der Waals surface area (Å²) in [7, 11) is 3.36.